The van der Waals surface area contributed by atoms with E-state index in [4.69, 9.17) is 14.4 Å². The standard InChI is InChI=1S/C47H35N3O/c1-3-4-6-21-37-28-35-19-11-12-20-36(35)30-42(37)39-26-27-41(44-40-22-13-14-23-43(40)51-45(39)44)47(48-2)50-46(49-31-32-15-7-5-8-16-32)38-25-24-33-17-9-10-18-34(33)29-38/h3-30H,2,31H2,1H3/b4-3-,21-6-,49-46?,50-47?. The molecule has 0 bridgehead atoms. The fourth-order valence-corrected chi connectivity index (χ4v) is 6.68. The molecule has 4 nitrogen and oxygen atoms in total. The number of hydrogen-bond donors (Lipinski definition) is 0. The molecule has 244 valence electrons. The molecule has 1 heterocycles. The number of para-hydroxylation sites is 1. The van der Waals surface area contributed by atoms with E-state index >= 15 is 0 Å². The van der Waals surface area contributed by atoms with Crippen LogP contribution in [0.2, 0.25) is 0 Å². The SMILES string of the molecule is C=NC(=NC(=NCc1ccccc1)c1ccc2ccccc2c1)c1ccc(-c2cc3ccccc3cc2/C=C\C=C/C)c2oc3ccccc3c12. The molecule has 8 rings (SSSR count). The summed E-state index contributed by atoms with van der Waals surface area (Å²) in [5.41, 5.74) is 7.57. The third-order valence-electron chi connectivity index (χ3n) is 9.18. The maximum absolute atomic E-state index is 6.72. The highest BCUT2D eigenvalue weighted by atomic mass is 16.3. The molecule has 4 heteroatoms. The van der Waals surface area contributed by atoms with E-state index in [1.165, 1.54) is 5.39 Å². The fourth-order valence-electron chi connectivity index (χ4n) is 6.68. The van der Waals surface area contributed by atoms with Crippen molar-refractivity contribution in [1.29, 1.82) is 0 Å². The first kappa shape index (κ1) is 31.6. The predicted octanol–water partition coefficient (Wildman–Crippen LogP) is 12.2. The van der Waals surface area contributed by atoms with E-state index < -0.39 is 0 Å². The molecule has 0 saturated carbocycles. The lowest BCUT2D eigenvalue weighted by Gasteiger charge is -2.12. The van der Waals surface area contributed by atoms with Gasteiger partial charge in [0.25, 0.3) is 0 Å². The van der Waals surface area contributed by atoms with Gasteiger partial charge in [0.05, 0.1) is 6.54 Å². The van der Waals surface area contributed by atoms with Crippen LogP contribution in [0.15, 0.2) is 183 Å². The monoisotopic (exact) mass is 657 g/mol. The van der Waals surface area contributed by atoms with Gasteiger partial charge in [0.1, 0.15) is 11.2 Å². The van der Waals surface area contributed by atoms with E-state index in [0.717, 1.165) is 71.5 Å². The van der Waals surface area contributed by atoms with Crippen molar-refractivity contribution in [2.45, 2.75) is 13.5 Å². The summed E-state index contributed by atoms with van der Waals surface area (Å²) in [5, 5.41) is 6.54. The highest BCUT2D eigenvalue weighted by Crippen LogP contribution is 2.41. The summed E-state index contributed by atoms with van der Waals surface area (Å²) in [4.78, 5) is 14.8. The van der Waals surface area contributed by atoms with Gasteiger partial charge in [-0.25, -0.2) is 9.98 Å². The van der Waals surface area contributed by atoms with Crippen LogP contribution in [0, 0.1) is 0 Å². The van der Waals surface area contributed by atoms with Crippen LogP contribution < -0.4 is 0 Å². The lowest BCUT2D eigenvalue weighted by molar-refractivity contribution is 0.670. The van der Waals surface area contributed by atoms with E-state index in [0.29, 0.717) is 18.2 Å². The molecule has 7 aromatic carbocycles. The molecule has 0 aliphatic rings. The summed E-state index contributed by atoms with van der Waals surface area (Å²) in [6.45, 7) is 6.51. The second kappa shape index (κ2) is 14.1. The number of furan rings is 1. The minimum Gasteiger partial charge on any atom is -0.455 e. The van der Waals surface area contributed by atoms with E-state index in [9.17, 15) is 0 Å². The molecule has 0 aliphatic carbocycles. The average Bonchev–Trinajstić information content (AvgIpc) is 3.58. The minimum absolute atomic E-state index is 0.477. The average molecular weight is 658 g/mol. The molecular formula is C47H35N3O. The first-order valence-corrected chi connectivity index (χ1v) is 17.1. The quantitative estimate of drug-likeness (QED) is 0.0956. The number of allylic oxidation sites excluding steroid dienone is 3. The zero-order valence-corrected chi connectivity index (χ0v) is 28.3. The number of hydrogen-bond acceptors (Lipinski definition) is 2. The number of benzene rings is 7. The maximum Gasteiger partial charge on any atom is 0.161 e. The van der Waals surface area contributed by atoms with Crippen LogP contribution in [0.1, 0.15) is 29.2 Å². The van der Waals surface area contributed by atoms with Gasteiger partial charge in [-0.3, -0.25) is 4.99 Å². The van der Waals surface area contributed by atoms with Gasteiger partial charge in [-0.15, -0.1) is 0 Å². The summed E-state index contributed by atoms with van der Waals surface area (Å²) < 4.78 is 6.72. The third kappa shape index (κ3) is 6.31. The van der Waals surface area contributed by atoms with Gasteiger partial charge in [-0.1, -0.05) is 133 Å². The molecule has 8 aromatic rings. The number of fused-ring (bicyclic) bond motifs is 5. The Hall–Kier alpha value is -6.65. The molecule has 1 aromatic heterocycles. The molecule has 0 amide bonds. The number of nitrogens with zero attached hydrogens (tertiary/aromatic N) is 3. The van der Waals surface area contributed by atoms with E-state index in [1.807, 2.05) is 67.6 Å². The second-order valence-corrected chi connectivity index (χ2v) is 12.4. The van der Waals surface area contributed by atoms with Crippen LogP contribution in [0.4, 0.5) is 0 Å². The topological polar surface area (TPSA) is 50.2 Å². The highest BCUT2D eigenvalue weighted by molar-refractivity contribution is 6.24. The van der Waals surface area contributed by atoms with Crippen molar-refractivity contribution in [1.82, 2.24) is 0 Å². The summed E-state index contributed by atoms with van der Waals surface area (Å²) in [6, 6.07) is 50.2. The zero-order valence-electron chi connectivity index (χ0n) is 28.3. The van der Waals surface area contributed by atoms with Gasteiger partial charge in [0.2, 0.25) is 0 Å². The largest absolute Gasteiger partial charge is 0.455 e. The highest BCUT2D eigenvalue weighted by Gasteiger charge is 2.21. The van der Waals surface area contributed by atoms with Crippen molar-refractivity contribution in [3.05, 3.63) is 186 Å². The molecular weight excluding hydrogens is 623 g/mol. The first-order chi connectivity index (χ1) is 25.2. The van der Waals surface area contributed by atoms with Crippen LogP contribution in [0.25, 0.3) is 60.7 Å². The minimum atomic E-state index is 0.477. The Kier molecular flexibility index (Phi) is 8.72. The Balaban J connectivity index is 1.34. The van der Waals surface area contributed by atoms with Gasteiger partial charge in [0.15, 0.2) is 11.7 Å². The van der Waals surface area contributed by atoms with Crippen molar-refractivity contribution < 1.29 is 4.42 Å². The summed E-state index contributed by atoms with van der Waals surface area (Å²) in [5.74, 6) is 1.06. The Morgan fingerprint density at radius 2 is 1.35 bits per heavy atom. The lowest BCUT2D eigenvalue weighted by atomic mass is 9.92. The molecule has 0 unspecified atom stereocenters. The fraction of sp³-hybridized carbons (Fsp3) is 0.0426. The van der Waals surface area contributed by atoms with Gasteiger partial charge in [0, 0.05) is 27.5 Å². The van der Waals surface area contributed by atoms with Crippen LogP contribution in [-0.4, -0.2) is 18.4 Å². The summed E-state index contributed by atoms with van der Waals surface area (Å²) in [6.07, 6.45) is 8.31. The molecule has 0 atom stereocenters. The first-order valence-electron chi connectivity index (χ1n) is 17.1. The van der Waals surface area contributed by atoms with Crippen molar-refractivity contribution >= 4 is 67.9 Å². The normalized spacial score (nSPS) is 12.6. The third-order valence-corrected chi connectivity index (χ3v) is 9.18. The number of aliphatic imine (C=N–C) groups is 3. The number of amidine groups is 2. The van der Waals surface area contributed by atoms with Crippen LogP contribution in [0.5, 0.6) is 0 Å². The van der Waals surface area contributed by atoms with Gasteiger partial charge in [-0.2, -0.15) is 0 Å². The lowest BCUT2D eigenvalue weighted by Crippen LogP contribution is -2.06. The zero-order chi connectivity index (χ0) is 34.6. The Morgan fingerprint density at radius 1 is 0.647 bits per heavy atom. The molecule has 0 fully saturated rings. The molecule has 0 N–H and O–H groups in total. The molecule has 0 aliphatic heterocycles. The molecule has 51 heavy (non-hydrogen) atoms. The molecule has 0 saturated heterocycles. The van der Waals surface area contributed by atoms with E-state index in [-0.39, 0.29) is 0 Å². The van der Waals surface area contributed by atoms with Gasteiger partial charge in [-0.05, 0) is 88.3 Å². The van der Waals surface area contributed by atoms with E-state index in [2.05, 4.69) is 121 Å². The Morgan fingerprint density at radius 3 is 2.14 bits per heavy atom. The predicted molar refractivity (Wildman–Crippen MR) is 217 cm³/mol. The smallest absolute Gasteiger partial charge is 0.161 e. The summed E-state index contributed by atoms with van der Waals surface area (Å²) in [7, 11) is 0. The van der Waals surface area contributed by atoms with E-state index in [1.54, 1.807) is 0 Å². The maximum atomic E-state index is 6.72. The molecule has 0 spiro atoms. The summed E-state index contributed by atoms with van der Waals surface area (Å²) >= 11 is 0. The number of rotatable bonds is 7. The van der Waals surface area contributed by atoms with Crippen molar-refractivity contribution in [2.24, 2.45) is 15.0 Å². The van der Waals surface area contributed by atoms with Gasteiger partial charge >= 0.3 is 0 Å². The van der Waals surface area contributed by atoms with Gasteiger partial charge < -0.3 is 4.42 Å². The van der Waals surface area contributed by atoms with Crippen molar-refractivity contribution in [2.75, 3.05) is 0 Å². The van der Waals surface area contributed by atoms with Crippen molar-refractivity contribution in [3.8, 4) is 11.1 Å². The van der Waals surface area contributed by atoms with Crippen LogP contribution in [0.3, 0.4) is 0 Å². The Bertz CT molecular complexity index is 2690. The molecule has 0 radical (unpaired) electrons. The van der Waals surface area contributed by atoms with Crippen molar-refractivity contribution in [3.63, 3.8) is 0 Å². The van der Waals surface area contributed by atoms with Crippen LogP contribution >= 0.6 is 0 Å². The Labute approximate surface area is 297 Å². The second-order valence-electron chi connectivity index (χ2n) is 12.4. The van der Waals surface area contributed by atoms with Crippen LogP contribution in [-0.2, 0) is 6.54 Å².